The number of carbonyl (C=O) groups excluding carboxylic acids is 1. The van der Waals surface area contributed by atoms with E-state index in [0.717, 1.165) is 0 Å². The number of hydrogen-bond donors (Lipinski definition) is 6. The van der Waals surface area contributed by atoms with Gasteiger partial charge in [-0.1, -0.05) is 0 Å². The van der Waals surface area contributed by atoms with Crippen molar-refractivity contribution >= 4 is 17.9 Å². The van der Waals surface area contributed by atoms with Crippen LogP contribution in [-0.2, 0) is 19.1 Å². The Morgan fingerprint density at radius 1 is 1.06 bits per heavy atom. The average Bonchev–Trinajstić information content (AvgIpc) is 2.34. The number of rotatable bonds is 6. The standard InChI is InChI=1S/C5H10N2O4.C3H7NO3/c6-1-4(8)11-2-3(7)5(9)10;4-2(1-5)3(6)7/h3H,1-2,6-7H2,(H,9,10);2,5H,1,4H2,(H,6,7)/t3-;2-/m00/s1. The van der Waals surface area contributed by atoms with Crippen molar-refractivity contribution < 1.29 is 34.4 Å². The molecule has 0 radical (unpaired) electrons. The molecule has 0 bridgehead atoms. The molecule has 0 amide bonds. The van der Waals surface area contributed by atoms with Crippen LogP contribution in [0.1, 0.15) is 0 Å². The largest absolute Gasteiger partial charge is 0.480 e. The van der Waals surface area contributed by atoms with E-state index < -0.39 is 36.6 Å². The van der Waals surface area contributed by atoms with E-state index in [2.05, 4.69) is 4.74 Å². The lowest BCUT2D eigenvalue weighted by molar-refractivity contribution is -0.146. The van der Waals surface area contributed by atoms with E-state index in [9.17, 15) is 14.4 Å². The molecule has 10 nitrogen and oxygen atoms in total. The summed E-state index contributed by atoms with van der Waals surface area (Å²) in [5.74, 6) is -3.06. The summed E-state index contributed by atoms with van der Waals surface area (Å²) < 4.78 is 4.34. The second-order valence-corrected chi connectivity index (χ2v) is 2.96. The summed E-state index contributed by atoms with van der Waals surface area (Å²) in [7, 11) is 0. The third-order valence-corrected chi connectivity index (χ3v) is 1.42. The summed E-state index contributed by atoms with van der Waals surface area (Å²) in [4.78, 5) is 30.0. The fraction of sp³-hybridized carbons (Fsp3) is 0.625. The van der Waals surface area contributed by atoms with Crippen molar-refractivity contribution in [2.24, 2.45) is 17.2 Å². The molecule has 0 aromatic rings. The molecule has 18 heavy (non-hydrogen) atoms. The fourth-order valence-corrected chi connectivity index (χ4v) is 0.391. The zero-order valence-corrected chi connectivity index (χ0v) is 9.48. The lowest BCUT2D eigenvalue weighted by atomic mass is 10.3. The Morgan fingerprint density at radius 2 is 1.50 bits per heavy atom. The molecule has 10 heteroatoms. The first-order chi connectivity index (χ1) is 8.26. The summed E-state index contributed by atoms with van der Waals surface area (Å²) in [5.41, 5.74) is 14.6. The van der Waals surface area contributed by atoms with Crippen molar-refractivity contribution in [3.8, 4) is 0 Å². The molecule has 0 spiro atoms. The van der Waals surface area contributed by atoms with Gasteiger partial charge in [0.05, 0.1) is 13.2 Å². The maximum absolute atomic E-state index is 10.3. The first-order valence-electron chi connectivity index (χ1n) is 4.69. The Labute approximate surface area is 102 Å². The van der Waals surface area contributed by atoms with Gasteiger partial charge in [-0.3, -0.25) is 14.4 Å². The van der Waals surface area contributed by atoms with E-state index in [1.807, 2.05) is 0 Å². The van der Waals surface area contributed by atoms with Gasteiger partial charge in [-0.2, -0.15) is 0 Å². The van der Waals surface area contributed by atoms with Crippen LogP contribution in [0.25, 0.3) is 0 Å². The minimum atomic E-state index is -1.21. The van der Waals surface area contributed by atoms with Crippen LogP contribution in [0.3, 0.4) is 0 Å². The van der Waals surface area contributed by atoms with Crippen LogP contribution in [0.2, 0.25) is 0 Å². The Morgan fingerprint density at radius 3 is 1.72 bits per heavy atom. The third-order valence-electron chi connectivity index (χ3n) is 1.42. The van der Waals surface area contributed by atoms with Gasteiger partial charge in [0.1, 0.15) is 18.7 Å². The van der Waals surface area contributed by atoms with E-state index in [0.29, 0.717) is 0 Å². The van der Waals surface area contributed by atoms with Gasteiger partial charge in [0, 0.05) is 0 Å². The zero-order chi connectivity index (χ0) is 14.7. The number of carboxylic acid groups (broad SMARTS) is 2. The van der Waals surface area contributed by atoms with Gasteiger partial charge in [-0.15, -0.1) is 0 Å². The quantitative estimate of drug-likeness (QED) is 0.260. The normalized spacial score (nSPS) is 12.7. The number of esters is 1. The van der Waals surface area contributed by atoms with Crippen LogP contribution >= 0.6 is 0 Å². The van der Waals surface area contributed by atoms with Gasteiger partial charge in [0.25, 0.3) is 0 Å². The summed E-state index contributed by atoms with van der Waals surface area (Å²) >= 11 is 0. The number of aliphatic hydroxyl groups excluding tert-OH is 1. The monoisotopic (exact) mass is 267 g/mol. The molecule has 2 atom stereocenters. The van der Waals surface area contributed by atoms with E-state index in [4.69, 9.17) is 32.5 Å². The molecule has 0 unspecified atom stereocenters. The maximum atomic E-state index is 10.3. The van der Waals surface area contributed by atoms with Gasteiger partial charge in [0.15, 0.2) is 0 Å². The van der Waals surface area contributed by atoms with Gasteiger partial charge in [0.2, 0.25) is 0 Å². The van der Waals surface area contributed by atoms with Crippen LogP contribution in [-0.4, -0.2) is 65.1 Å². The van der Waals surface area contributed by atoms with Gasteiger partial charge < -0.3 is 37.3 Å². The number of nitrogens with two attached hydrogens (primary N) is 3. The van der Waals surface area contributed by atoms with Crippen LogP contribution < -0.4 is 17.2 Å². The highest BCUT2D eigenvalue weighted by Gasteiger charge is 2.12. The lowest BCUT2D eigenvalue weighted by Crippen LogP contribution is -2.36. The number of carboxylic acids is 2. The predicted octanol–water partition coefficient (Wildman–Crippen LogP) is -3.71. The predicted molar refractivity (Wildman–Crippen MR) is 58.3 cm³/mol. The van der Waals surface area contributed by atoms with Crippen LogP contribution in [0, 0.1) is 0 Å². The van der Waals surface area contributed by atoms with E-state index >= 15 is 0 Å². The van der Waals surface area contributed by atoms with E-state index in [-0.39, 0.29) is 13.2 Å². The molecular formula is C8H17N3O7. The Balaban J connectivity index is 0. The molecule has 0 aromatic heterocycles. The fourth-order valence-electron chi connectivity index (χ4n) is 0.391. The van der Waals surface area contributed by atoms with Crippen molar-refractivity contribution in [3.05, 3.63) is 0 Å². The summed E-state index contributed by atoms with van der Waals surface area (Å²) in [6.07, 6.45) is 0. The molecule has 0 aliphatic rings. The molecule has 9 N–H and O–H groups in total. The second-order valence-electron chi connectivity index (χ2n) is 2.96. The Kier molecular flexibility index (Phi) is 10.8. The number of aliphatic hydroxyl groups is 1. The summed E-state index contributed by atoms with van der Waals surface area (Å²) in [6.45, 7) is -1.12. The van der Waals surface area contributed by atoms with Crippen molar-refractivity contribution in [2.75, 3.05) is 19.8 Å². The molecule has 0 aliphatic heterocycles. The molecule has 0 fully saturated rings. The minimum Gasteiger partial charge on any atom is -0.480 e. The van der Waals surface area contributed by atoms with Gasteiger partial charge in [-0.05, 0) is 0 Å². The molecule has 0 rings (SSSR count). The smallest absolute Gasteiger partial charge is 0.324 e. The summed E-state index contributed by atoms with van der Waals surface area (Å²) in [5, 5.41) is 24.1. The van der Waals surface area contributed by atoms with E-state index in [1.165, 1.54) is 0 Å². The van der Waals surface area contributed by atoms with Crippen LogP contribution in [0.4, 0.5) is 0 Å². The van der Waals surface area contributed by atoms with E-state index in [1.54, 1.807) is 0 Å². The topological polar surface area (TPSA) is 199 Å². The number of hydrogen-bond acceptors (Lipinski definition) is 8. The van der Waals surface area contributed by atoms with Gasteiger partial charge in [-0.25, -0.2) is 0 Å². The summed E-state index contributed by atoms with van der Waals surface area (Å²) in [6, 6.07) is -2.30. The molecule has 0 saturated heterocycles. The molecule has 0 aliphatic carbocycles. The average molecular weight is 267 g/mol. The Bertz CT molecular complexity index is 284. The minimum absolute atomic E-state index is 0.271. The highest BCUT2D eigenvalue weighted by Crippen LogP contribution is 1.82. The lowest BCUT2D eigenvalue weighted by Gasteiger charge is -2.05. The second kappa shape index (κ2) is 10.4. The van der Waals surface area contributed by atoms with Crippen LogP contribution in [0.15, 0.2) is 0 Å². The van der Waals surface area contributed by atoms with Gasteiger partial charge >= 0.3 is 17.9 Å². The number of aliphatic carboxylic acids is 2. The first kappa shape index (κ1) is 18.6. The van der Waals surface area contributed by atoms with Crippen molar-refractivity contribution in [3.63, 3.8) is 0 Å². The highest BCUT2D eigenvalue weighted by atomic mass is 16.5. The van der Waals surface area contributed by atoms with Crippen molar-refractivity contribution in [1.82, 2.24) is 0 Å². The van der Waals surface area contributed by atoms with Crippen molar-refractivity contribution in [1.29, 1.82) is 0 Å². The number of ether oxygens (including phenoxy) is 1. The molecule has 0 heterocycles. The zero-order valence-electron chi connectivity index (χ0n) is 9.48. The van der Waals surface area contributed by atoms with Crippen molar-refractivity contribution in [2.45, 2.75) is 12.1 Å². The SMILES string of the molecule is NCC(=O)OC[C@H](N)C(=O)O.N[C@@H](CO)C(=O)O. The molecular weight excluding hydrogens is 250 g/mol. The highest BCUT2D eigenvalue weighted by molar-refractivity contribution is 5.75. The third kappa shape index (κ3) is 10.8. The molecule has 0 aromatic carbocycles. The molecule has 106 valence electrons. The molecule has 0 saturated carbocycles. The maximum Gasteiger partial charge on any atom is 0.324 e. The Hall–Kier alpha value is -1.75. The van der Waals surface area contributed by atoms with Crippen LogP contribution in [0.5, 0.6) is 0 Å². The first-order valence-corrected chi connectivity index (χ1v) is 4.69. The number of carbonyl (C=O) groups is 3.